The number of amides is 1. The van der Waals surface area contributed by atoms with Gasteiger partial charge in [-0.05, 0) is 24.4 Å². The number of nitrogens with zero attached hydrogens (tertiary/aromatic N) is 3. The second kappa shape index (κ2) is 5.92. The summed E-state index contributed by atoms with van der Waals surface area (Å²) >= 11 is 5.13. The molecule has 0 aliphatic carbocycles. The van der Waals surface area contributed by atoms with E-state index >= 15 is 0 Å². The van der Waals surface area contributed by atoms with Gasteiger partial charge in [0.2, 0.25) is 11.8 Å². The molecule has 124 valence electrons. The molecule has 1 amide bonds. The Kier molecular flexibility index (Phi) is 3.93. The van der Waals surface area contributed by atoms with Gasteiger partial charge in [-0.3, -0.25) is 19.8 Å². The van der Waals surface area contributed by atoms with Gasteiger partial charge in [0, 0.05) is 11.9 Å². The van der Waals surface area contributed by atoms with Crippen molar-refractivity contribution in [2.45, 2.75) is 6.18 Å². The van der Waals surface area contributed by atoms with Crippen LogP contribution in [0.3, 0.4) is 0 Å². The van der Waals surface area contributed by atoms with Gasteiger partial charge in [0.05, 0.1) is 0 Å². The van der Waals surface area contributed by atoms with Crippen molar-refractivity contribution >= 4 is 24.1 Å². The molecule has 0 fully saturated rings. The number of aromatic amines is 2. The number of aromatic nitrogens is 5. The standard InChI is InChI=1S/C13H9F3N6OS/c14-13(15,16)10-19-11(21-20-10)18-9(23)8-6-17-12(24)22(8)7-4-2-1-3-5-7/h1-6H,(H,17,24)(H2,18,19,20,21,23). The van der Waals surface area contributed by atoms with E-state index in [1.165, 1.54) is 10.8 Å². The highest BCUT2D eigenvalue weighted by molar-refractivity contribution is 7.71. The molecule has 0 radical (unpaired) electrons. The lowest BCUT2D eigenvalue weighted by Crippen LogP contribution is -2.17. The second-order valence-electron chi connectivity index (χ2n) is 4.61. The predicted molar refractivity (Wildman–Crippen MR) is 80.3 cm³/mol. The molecule has 0 aliphatic heterocycles. The Morgan fingerprint density at radius 2 is 1.96 bits per heavy atom. The summed E-state index contributed by atoms with van der Waals surface area (Å²) in [7, 11) is 0. The third-order valence-electron chi connectivity index (χ3n) is 3.00. The van der Waals surface area contributed by atoms with E-state index < -0.39 is 23.9 Å². The lowest BCUT2D eigenvalue weighted by molar-refractivity contribution is -0.144. The molecule has 0 saturated heterocycles. The first-order valence-electron chi connectivity index (χ1n) is 6.53. The van der Waals surface area contributed by atoms with E-state index in [9.17, 15) is 18.0 Å². The lowest BCUT2D eigenvalue weighted by Gasteiger charge is -2.07. The van der Waals surface area contributed by atoms with Crippen LogP contribution in [0.25, 0.3) is 5.69 Å². The largest absolute Gasteiger partial charge is 0.451 e. The highest BCUT2D eigenvalue weighted by Crippen LogP contribution is 2.26. The van der Waals surface area contributed by atoms with Gasteiger partial charge in [-0.15, -0.1) is 5.10 Å². The van der Waals surface area contributed by atoms with Gasteiger partial charge < -0.3 is 4.98 Å². The Labute approximate surface area is 137 Å². The molecule has 0 bridgehead atoms. The molecule has 11 heteroatoms. The number of para-hydroxylation sites is 1. The molecule has 0 unspecified atom stereocenters. The second-order valence-corrected chi connectivity index (χ2v) is 5.00. The van der Waals surface area contributed by atoms with E-state index in [1.807, 2.05) is 0 Å². The highest BCUT2D eigenvalue weighted by atomic mass is 32.1. The molecule has 3 N–H and O–H groups in total. The minimum absolute atomic E-state index is 0.101. The van der Waals surface area contributed by atoms with Gasteiger partial charge in [-0.2, -0.15) is 18.2 Å². The average molecular weight is 354 g/mol. The van der Waals surface area contributed by atoms with E-state index in [0.717, 1.165) is 0 Å². The fourth-order valence-corrected chi connectivity index (χ4v) is 2.24. The van der Waals surface area contributed by atoms with Crippen LogP contribution < -0.4 is 5.32 Å². The van der Waals surface area contributed by atoms with Crippen LogP contribution in [0, 0.1) is 4.77 Å². The maximum absolute atomic E-state index is 12.5. The number of rotatable bonds is 3. The van der Waals surface area contributed by atoms with E-state index in [1.54, 1.807) is 35.4 Å². The number of hydrogen-bond acceptors (Lipinski definition) is 4. The first-order chi connectivity index (χ1) is 11.4. The van der Waals surface area contributed by atoms with Crippen LogP contribution in [0.4, 0.5) is 19.1 Å². The van der Waals surface area contributed by atoms with Crippen LogP contribution in [0.2, 0.25) is 0 Å². The number of halogens is 3. The van der Waals surface area contributed by atoms with Gasteiger partial charge in [0.1, 0.15) is 5.69 Å². The molecule has 0 saturated carbocycles. The van der Waals surface area contributed by atoms with Crippen LogP contribution >= 0.6 is 12.2 Å². The van der Waals surface area contributed by atoms with Crippen LogP contribution in [-0.4, -0.2) is 30.6 Å². The molecule has 0 atom stereocenters. The zero-order valence-electron chi connectivity index (χ0n) is 11.8. The Bertz CT molecular complexity index is 927. The number of hydrogen-bond donors (Lipinski definition) is 3. The predicted octanol–water partition coefficient (Wildman–Crippen LogP) is 2.92. The molecule has 2 aromatic heterocycles. The zero-order chi connectivity index (χ0) is 17.3. The summed E-state index contributed by atoms with van der Waals surface area (Å²) in [5, 5.41) is 7.24. The number of H-pyrrole nitrogens is 2. The maximum atomic E-state index is 12.5. The third kappa shape index (κ3) is 3.06. The van der Waals surface area contributed by atoms with E-state index in [-0.39, 0.29) is 10.5 Å². The quantitative estimate of drug-likeness (QED) is 0.631. The van der Waals surface area contributed by atoms with Crippen molar-refractivity contribution in [1.29, 1.82) is 0 Å². The Morgan fingerprint density at radius 3 is 2.58 bits per heavy atom. The van der Waals surface area contributed by atoms with Crippen molar-refractivity contribution < 1.29 is 18.0 Å². The summed E-state index contributed by atoms with van der Waals surface area (Å²) in [6, 6.07) is 8.78. The Balaban J connectivity index is 1.89. The van der Waals surface area contributed by atoms with Crippen LogP contribution in [-0.2, 0) is 6.18 Å². The minimum atomic E-state index is -4.68. The Morgan fingerprint density at radius 1 is 1.25 bits per heavy atom. The number of alkyl halides is 3. The van der Waals surface area contributed by atoms with E-state index in [4.69, 9.17) is 12.2 Å². The minimum Gasteiger partial charge on any atom is -0.336 e. The first kappa shape index (κ1) is 15.9. The number of benzene rings is 1. The van der Waals surface area contributed by atoms with Crippen LogP contribution in [0.15, 0.2) is 36.5 Å². The smallest absolute Gasteiger partial charge is 0.336 e. The number of nitrogens with one attached hydrogen (secondary N) is 3. The van der Waals surface area contributed by atoms with E-state index in [0.29, 0.717) is 5.69 Å². The first-order valence-corrected chi connectivity index (χ1v) is 6.94. The summed E-state index contributed by atoms with van der Waals surface area (Å²) < 4.78 is 39.2. The van der Waals surface area contributed by atoms with Crippen LogP contribution in [0.1, 0.15) is 16.3 Å². The summed E-state index contributed by atoms with van der Waals surface area (Å²) in [5.74, 6) is -2.50. The van der Waals surface area contributed by atoms with Gasteiger partial charge in [0.15, 0.2) is 4.77 Å². The molecule has 3 aromatic rings. The summed E-state index contributed by atoms with van der Waals surface area (Å²) in [6.45, 7) is 0. The molecule has 3 rings (SSSR count). The highest BCUT2D eigenvalue weighted by Gasteiger charge is 2.35. The van der Waals surface area contributed by atoms with Gasteiger partial charge >= 0.3 is 6.18 Å². The average Bonchev–Trinajstić information content (AvgIpc) is 3.14. The summed E-state index contributed by atoms with van der Waals surface area (Å²) in [5.41, 5.74) is 0.726. The SMILES string of the molecule is O=C(Nc1n[nH]c(C(F)(F)F)n1)c1c[nH]c(=S)n1-c1ccccc1. The number of anilines is 1. The van der Waals surface area contributed by atoms with E-state index in [2.05, 4.69) is 20.4 Å². The number of carbonyl (C=O) groups is 1. The van der Waals surface area contributed by atoms with Gasteiger partial charge in [-0.1, -0.05) is 18.2 Å². The number of carbonyl (C=O) groups excluding carboxylic acids is 1. The van der Waals surface area contributed by atoms with Gasteiger partial charge in [0.25, 0.3) is 5.91 Å². The Hall–Kier alpha value is -2.95. The maximum Gasteiger partial charge on any atom is 0.451 e. The molecule has 2 heterocycles. The third-order valence-corrected chi connectivity index (χ3v) is 3.30. The fraction of sp³-hybridized carbons (Fsp3) is 0.0769. The molecular weight excluding hydrogens is 345 g/mol. The molecule has 24 heavy (non-hydrogen) atoms. The fourth-order valence-electron chi connectivity index (χ4n) is 1.98. The van der Waals surface area contributed by atoms with Crippen molar-refractivity contribution in [1.82, 2.24) is 24.7 Å². The normalized spacial score (nSPS) is 11.5. The monoisotopic (exact) mass is 354 g/mol. The van der Waals surface area contributed by atoms with Crippen molar-refractivity contribution in [3.63, 3.8) is 0 Å². The molecule has 0 spiro atoms. The summed E-state index contributed by atoms with van der Waals surface area (Å²) in [6.07, 6.45) is -3.33. The lowest BCUT2D eigenvalue weighted by atomic mass is 10.3. The summed E-state index contributed by atoms with van der Waals surface area (Å²) in [4.78, 5) is 18.2. The van der Waals surface area contributed by atoms with Crippen molar-refractivity contribution in [3.8, 4) is 5.69 Å². The van der Waals surface area contributed by atoms with Crippen molar-refractivity contribution in [3.05, 3.63) is 52.8 Å². The molecular formula is C13H9F3N6OS. The zero-order valence-corrected chi connectivity index (χ0v) is 12.6. The van der Waals surface area contributed by atoms with Crippen molar-refractivity contribution in [2.24, 2.45) is 0 Å². The molecule has 7 nitrogen and oxygen atoms in total. The van der Waals surface area contributed by atoms with Gasteiger partial charge in [-0.25, -0.2) is 0 Å². The van der Waals surface area contributed by atoms with Crippen LogP contribution in [0.5, 0.6) is 0 Å². The number of imidazole rings is 1. The van der Waals surface area contributed by atoms with Crippen molar-refractivity contribution in [2.75, 3.05) is 5.32 Å². The molecule has 0 aliphatic rings. The molecule has 1 aromatic carbocycles. The topological polar surface area (TPSA) is 91.4 Å².